The topological polar surface area (TPSA) is 203 Å². The van der Waals surface area contributed by atoms with Crippen LogP contribution < -0.4 is 52.7 Å². The Morgan fingerprint density at radius 2 is 0.880 bits per heavy atom. The fraction of sp³-hybridized carbons (Fsp3) is 0.588. The Hall–Kier alpha value is -4.70. The highest BCUT2D eigenvalue weighted by Gasteiger charge is 2.22. The van der Waals surface area contributed by atoms with Crippen molar-refractivity contribution in [2.24, 2.45) is 0 Å². The maximum Gasteiger partial charge on any atom is 0.296 e. The van der Waals surface area contributed by atoms with Gasteiger partial charge in [-0.25, -0.2) is 0 Å². The van der Waals surface area contributed by atoms with Crippen LogP contribution in [0.15, 0.2) is 33.9 Å². The van der Waals surface area contributed by atoms with E-state index in [1.807, 2.05) is 13.8 Å². The van der Waals surface area contributed by atoms with Gasteiger partial charge in [0.15, 0.2) is 0 Å². The van der Waals surface area contributed by atoms with Gasteiger partial charge in [-0.3, -0.25) is 28.8 Å². The average molecular weight is 701 g/mol. The Morgan fingerprint density at radius 3 is 1.28 bits per heavy atom. The molecule has 4 bridgehead atoms. The maximum atomic E-state index is 13.3. The van der Waals surface area contributed by atoms with Gasteiger partial charge in [-0.05, 0) is 89.0 Å². The van der Waals surface area contributed by atoms with Gasteiger partial charge in [0, 0.05) is 26.2 Å². The predicted molar refractivity (Wildman–Crippen MR) is 188 cm³/mol. The second-order valence-electron chi connectivity index (χ2n) is 11.8. The van der Waals surface area contributed by atoms with Crippen LogP contribution in [0.5, 0.6) is 0 Å². The number of hydrogen-bond donors (Lipinski definition) is 6. The molecule has 50 heavy (non-hydrogen) atoms. The monoisotopic (exact) mass is 700 g/mol. The molecule has 16 heteroatoms. The highest BCUT2D eigenvalue weighted by atomic mass is 16.7. The number of nitrogens with zero attached hydrogens (tertiary/aromatic N) is 2. The van der Waals surface area contributed by atoms with E-state index < -0.39 is 34.7 Å². The first-order valence-electron chi connectivity index (χ1n) is 17.6. The number of carbonyl (C=O) groups is 4. The quantitative estimate of drug-likeness (QED) is 0.201. The molecular weight excluding hydrogens is 648 g/mol. The van der Waals surface area contributed by atoms with Crippen molar-refractivity contribution in [3.63, 3.8) is 0 Å². The number of unbranched alkanes of at least 4 members (excludes halogenated alkanes) is 2. The molecule has 2 aromatic heterocycles. The van der Waals surface area contributed by atoms with E-state index in [2.05, 4.69) is 31.9 Å². The van der Waals surface area contributed by atoms with Gasteiger partial charge in [-0.2, -0.15) is 0 Å². The molecule has 0 spiro atoms. The van der Waals surface area contributed by atoms with Crippen molar-refractivity contribution in [2.75, 3.05) is 65.6 Å². The fourth-order valence-electron chi connectivity index (χ4n) is 4.88. The van der Waals surface area contributed by atoms with Crippen molar-refractivity contribution in [1.82, 2.24) is 41.4 Å². The van der Waals surface area contributed by atoms with Gasteiger partial charge in [0.25, 0.3) is 34.7 Å². The van der Waals surface area contributed by atoms with Gasteiger partial charge < -0.3 is 41.6 Å². The van der Waals surface area contributed by atoms with E-state index in [1.54, 1.807) is 0 Å². The minimum absolute atomic E-state index is 0.0414. The Balaban J connectivity index is 1.79. The number of carbonyl (C=O) groups excluding carboxylic acids is 4. The third kappa shape index (κ3) is 12.3. The zero-order valence-electron chi connectivity index (χ0n) is 29.2. The second kappa shape index (κ2) is 22.1. The minimum Gasteiger partial charge on any atom is -0.410 e. The van der Waals surface area contributed by atoms with Crippen LogP contribution in [0.2, 0.25) is 0 Å². The highest BCUT2D eigenvalue weighted by Crippen LogP contribution is 2.03. The SMILES string of the molecule is CCCCOn1c2ccc(c1=O)C(=O)NCCCNCCCCNCCCNC(=O)c1ccc(n(OCCCC)c1=O)C(=O)NCCNC2=O. The van der Waals surface area contributed by atoms with Crippen molar-refractivity contribution in [3.05, 3.63) is 67.5 Å². The lowest BCUT2D eigenvalue weighted by atomic mass is 10.2. The molecule has 16 nitrogen and oxygen atoms in total. The summed E-state index contributed by atoms with van der Waals surface area (Å²) >= 11 is 0. The van der Waals surface area contributed by atoms with E-state index in [0.717, 1.165) is 48.2 Å². The summed E-state index contributed by atoms with van der Waals surface area (Å²) in [5.74, 6) is -2.44. The molecule has 0 atom stereocenters. The van der Waals surface area contributed by atoms with Gasteiger partial charge >= 0.3 is 0 Å². The van der Waals surface area contributed by atoms with Crippen molar-refractivity contribution < 1.29 is 28.9 Å². The Morgan fingerprint density at radius 1 is 0.500 bits per heavy atom. The van der Waals surface area contributed by atoms with Crippen molar-refractivity contribution in [2.45, 2.75) is 65.2 Å². The summed E-state index contributed by atoms with van der Waals surface area (Å²) in [5, 5.41) is 17.5. The van der Waals surface area contributed by atoms with Gasteiger partial charge in [0.05, 0.1) is 0 Å². The zero-order chi connectivity index (χ0) is 36.1. The molecule has 3 aliphatic heterocycles. The molecule has 0 aromatic carbocycles. The van der Waals surface area contributed by atoms with Crippen LogP contribution in [0.25, 0.3) is 0 Å². The molecule has 0 saturated heterocycles. The summed E-state index contributed by atoms with van der Waals surface area (Å²) in [7, 11) is 0. The van der Waals surface area contributed by atoms with Crippen molar-refractivity contribution in [3.8, 4) is 0 Å². The molecule has 0 fully saturated rings. The third-order valence-corrected chi connectivity index (χ3v) is 7.76. The van der Waals surface area contributed by atoms with E-state index in [0.29, 0.717) is 51.9 Å². The molecule has 2 aromatic rings. The Bertz CT molecular complexity index is 1430. The van der Waals surface area contributed by atoms with Gasteiger partial charge in [0.2, 0.25) is 0 Å². The molecule has 3 aliphatic rings. The van der Waals surface area contributed by atoms with Gasteiger partial charge in [0.1, 0.15) is 35.7 Å². The molecule has 0 unspecified atom stereocenters. The molecular formula is C34H52N8O8. The Labute approximate surface area is 292 Å². The number of fused-ring (bicyclic) bond motifs is 2. The number of rotatable bonds is 8. The summed E-state index contributed by atoms with van der Waals surface area (Å²) in [6, 6.07) is 5.27. The smallest absolute Gasteiger partial charge is 0.296 e. The van der Waals surface area contributed by atoms with Crippen LogP contribution in [-0.4, -0.2) is 98.7 Å². The molecule has 5 rings (SSSR count). The first-order chi connectivity index (χ1) is 24.3. The zero-order valence-corrected chi connectivity index (χ0v) is 29.2. The van der Waals surface area contributed by atoms with Crippen molar-refractivity contribution in [1.29, 1.82) is 0 Å². The summed E-state index contributed by atoms with van der Waals surface area (Å²) in [4.78, 5) is 89.8. The van der Waals surface area contributed by atoms with Crippen LogP contribution in [0.4, 0.5) is 0 Å². The summed E-state index contributed by atoms with van der Waals surface area (Å²) in [6.45, 7) is 7.86. The summed E-state index contributed by atoms with van der Waals surface area (Å²) in [5.41, 5.74) is -2.05. The highest BCUT2D eigenvalue weighted by molar-refractivity contribution is 5.97. The van der Waals surface area contributed by atoms with Crippen molar-refractivity contribution >= 4 is 23.6 Å². The van der Waals surface area contributed by atoms with E-state index in [4.69, 9.17) is 9.68 Å². The largest absolute Gasteiger partial charge is 0.410 e. The van der Waals surface area contributed by atoms with Crippen LogP contribution in [-0.2, 0) is 0 Å². The van der Waals surface area contributed by atoms with E-state index in [-0.39, 0.29) is 48.8 Å². The number of pyridine rings is 2. The minimum atomic E-state index is -0.760. The molecule has 276 valence electrons. The molecule has 0 aliphatic carbocycles. The van der Waals surface area contributed by atoms with E-state index >= 15 is 0 Å². The Kier molecular flexibility index (Phi) is 17.6. The van der Waals surface area contributed by atoms with Crippen LogP contribution >= 0.6 is 0 Å². The van der Waals surface area contributed by atoms with Crippen LogP contribution in [0.1, 0.15) is 107 Å². The normalized spacial score (nSPS) is 16.5. The third-order valence-electron chi connectivity index (χ3n) is 7.76. The maximum absolute atomic E-state index is 13.3. The lowest BCUT2D eigenvalue weighted by Gasteiger charge is -2.16. The van der Waals surface area contributed by atoms with Crippen LogP contribution in [0, 0.1) is 0 Å². The number of amides is 4. The van der Waals surface area contributed by atoms with Gasteiger partial charge in [-0.15, -0.1) is 9.46 Å². The first-order valence-corrected chi connectivity index (χ1v) is 17.6. The summed E-state index contributed by atoms with van der Waals surface area (Å²) in [6.07, 6.45) is 6.05. The molecule has 0 saturated carbocycles. The second-order valence-corrected chi connectivity index (χ2v) is 11.8. The standard InChI is InChI=1S/C34H52N8O8/c1-3-5-23-49-41-27-13-11-25(33(41)47)29(43)37-19-9-17-35-15-7-8-16-36-18-10-20-38-30(44)26-12-14-28(32(46)40-22-21-39-31(27)45)42(34(26)48)50-24-6-4-2/h11-14,35-36H,3-10,15-24H2,1-2H3,(H,37,43)(H,38,44)(H,39,45)(H,40,46). The number of aromatic nitrogens is 2. The number of hydrogen-bond acceptors (Lipinski definition) is 10. The molecule has 0 radical (unpaired) electrons. The number of nitrogens with one attached hydrogen (secondary N) is 6. The predicted octanol–water partition coefficient (Wildman–Crippen LogP) is -0.160. The fourth-order valence-corrected chi connectivity index (χ4v) is 4.88. The van der Waals surface area contributed by atoms with Gasteiger partial charge in [-0.1, -0.05) is 26.7 Å². The molecule has 5 heterocycles. The average Bonchev–Trinajstić information content (AvgIpc) is 3.10. The molecule has 6 N–H and O–H groups in total. The lowest BCUT2D eigenvalue weighted by Crippen LogP contribution is -2.43. The summed E-state index contributed by atoms with van der Waals surface area (Å²) < 4.78 is 1.66. The first kappa shape index (κ1) is 39.7. The van der Waals surface area contributed by atoms with E-state index in [9.17, 15) is 28.8 Å². The lowest BCUT2D eigenvalue weighted by molar-refractivity contribution is 0.0736. The molecule has 4 amide bonds. The van der Waals surface area contributed by atoms with E-state index in [1.165, 1.54) is 24.3 Å². The van der Waals surface area contributed by atoms with Crippen LogP contribution in [0.3, 0.4) is 0 Å².